The maximum Gasteiger partial charge on any atom is 0.286 e. The number of thioether (sulfide) groups is 1. The minimum atomic E-state index is -0.437. The lowest BCUT2D eigenvalue weighted by Crippen LogP contribution is -2.38. The molecule has 0 saturated carbocycles. The van der Waals surface area contributed by atoms with Gasteiger partial charge < -0.3 is 14.1 Å². The van der Waals surface area contributed by atoms with Crippen LogP contribution in [0.15, 0.2) is 44.6 Å². The number of amides is 1. The SMILES string of the molecule is Cc1ccc([N+](=O)[O-])cc1-c1ccc(C=C2SC(N3CCOCC3)=NC2=O)o1. The van der Waals surface area contributed by atoms with Crippen LogP contribution < -0.4 is 0 Å². The summed E-state index contributed by atoms with van der Waals surface area (Å²) in [7, 11) is 0. The molecule has 8 nitrogen and oxygen atoms in total. The normalized spacial score (nSPS) is 18.6. The zero-order valence-electron chi connectivity index (χ0n) is 15.1. The molecule has 0 aliphatic carbocycles. The summed E-state index contributed by atoms with van der Waals surface area (Å²) < 4.78 is 11.2. The first-order valence-corrected chi connectivity index (χ1v) is 9.53. The van der Waals surface area contributed by atoms with E-state index in [4.69, 9.17) is 9.15 Å². The number of ether oxygens (including phenoxy) is 1. The lowest BCUT2D eigenvalue weighted by molar-refractivity contribution is -0.384. The van der Waals surface area contributed by atoms with Crippen molar-refractivity contribution in [3.05, 3.63) is 56.7 Å². The van der Waals surface area contributed by atoms with Gasteiger partial charge in [0.2, 0.25) is 0 Å². The third-order valence-corrected chi connectivity index (χ3v) is 5.53. The summed E-state index contributed by atoms with van der Waals surface area (Å²) in [5, 5.41) is 11.7. The number of furan rings is 1. The maximum atomic E-state index is 12.2. The molecule has 1 aromatic carbocycles. The molecule has 3 heterocycles. The molecule has 1 fully saturated rings. The Morgan fingerprint density at radius 1 is 1.25 bits per heavy atom. The number of benzene rings is 1. The number of aliphatic imine (C=N–C) groups is 1. The summed E-state index contributed by atoms with van der Waals surface area (Å²) in [4.78, 5) is 29.5. The maximum absolute atomic E-state index is 12.2. The van der Waals surface area contributed by atoms with E-state index >= 15 is 0 Å². The summed E-state index contributed by atoms with van der Waals surface area (Å²) in [5.41, 5.74) is 1.51. The first kappa shape index (κ1) is 18.5. The average molecular weight is 399 g/mol. The van der Waals surface area contributed by atoms with Gasteiger partial charge in [0.25, 0.3) is 11.6 Å². The van der Waals surface area contributed by atoms with Gasteiger partial charge in [0.05, 0.1) is 23.0 Å². The number of rotatable bonds is 3. The number of hydrogen-bond donors (Lipinski definition) is 0. The molecule has 2 aliphatic heterocycles. The summed E-state index contributed by atoms with van der Waals surface area (Å²) in [6, 6.07) is 8.11. The molecule has 0 atom stereocenters. The smallest absolute Gasteiger partial charge is 0.286 e. The Bertz CT molecular complexity index is 1000. The van der Waals surface area contributed by atoms with Crippen LogP contribution in [0, 0.1) is 17.0 Å². The van der Waals surface area contributed by atoms with Crippen molar-refractivity contribution in [1.82, 2.24) is 4.90 Å². The molecule has 1 amide bonds. The largest absolute Gasteiger partial charge is 0.457 e. The Morgan fingerprint density at radius 2 is 2.04 bits per heavy atom. The topological polar surface area (TPSA) is 98.2 Å². The number of aryl methyl sites for hydroxylation is 1. The van der Waals surface area contributed by atoms with Gasteiger partial charge >= 0.3 is 0 Å². The number of morpholine rings is 1. The summed E-state index contributed by atoms with van der Waals surface area (Å²) in [6.45, 7) is 4.53. The second kappa shape index (κ2) is 7.61. The molecule has 0 N–H and O–H groups in total. The molecule has 144 valence electrons. The molecule has 0 spiro atoms. The van der Waals surface area contributed by atoms with Crippen LogP contribution in [0.25, 0.3) is 17.4 Å². The Kier molecular flexibility index (Phi) is 5.01. The number of carbonyl (C=O) groups is 1. The van der Waals surface area contributed by atoms with E-state index in [0.717, 1.165) is 5.56 Å². The van der Waals surface area contributed by atoms with Crippen LogP contribution in [0.1, 0.15) is 11.3 Å². The number of nitrogens with zero attached hydrogens (tertiary/aromatic N) is 3. The van der Waals surface area contributed by atoms with E-state index in [0.29, 0.717) is 53.5 Å². The van der Waals surface area contributed by atoms with Gasteiger partial charge in [0, 0.05) is 36.9 Å². The third kappa shape index (κ3) is 3.71. The van der Waals surface area contributed by atoms with E-state index < -0.39 is 4.92 Å². The van der Waals surface area contributed by atoms with E-state index in [9.17, 15) is 14.9 Å². The van der Waals surface area contributed by atoms with Gasteiger partial charge in [-0.1, -0.05) is 6.07 Å². The molecule has 4 rings (SSSR count). The van der Waals surface area contributed by atoms with Crippen molar-refractivity contribution in [1.29, 1.82) is 0 Å². The second-order valence-electron chi connectivity index (χ2n) is 6.37. The lowest BCUT2D eigenvalue weighted by Gasteiger charge is -2.27. The number of non-ortho nitro benzene ring substituents is 1. The van der Waals surface area contributed by atoms with Crippen molar-refractivity contribution in [3.63, 3.8) is 0 Å². The Hall–Kier alpha value is -2.91. The first-order chi connectivity index (χ1) is 13.5. The van der Waals surface area contributed by atoms with Crippen molar-refractivity contribution in [2.45, 2.75) is 6.92 Å². The summed E-state index contributed by atoms with van der Waals surface area (Å²) >= 11 is 1.32. The van der Waals surface area contributed by atoms with Gasteiger partial charge in [0.15, 0.2) is 5.17 Å². The molecule has 28 heavy (non-hydrogen) atoms. The average Bonchev–Trinajstić information content (AvgIpc) is 3.30. The van der Waals surface area contributed by atoms with Crippen molar-refractivity contribution in [2.75, 3.05) is 26.3 Å². The van der Waals surface area contributed by atoms with Crippen LogP contribution in [0.3, 0.4) is 0 Å². The standard InChI is InChI=1S/C19H17N3O5S/c1-12-2-3-13(22(24)25)10-15(12)16-5-4-14(27-16)11-17-18(23)20-19(28-17)21-6-8-26-9-7-21/h2-5,10-11H,6-9H2,1H3. The van der Waals surface area contributed by atoms with Crippen LogP contribution in [-0.4, -0.2) is 47.2 Å². The van der Waals surface area contributed by atoms with Crippen molar-refractivity contribution in [3.8, 4) is 11.3 Å². The number of carbonyl (C=O) groups excluding carboxylic acids is 1. The minimum absolute atomic E-state index is 0.00184. The lowest BCUT2D eigenvalue weighted by atomic mass is 10.1. The minimum Gasteiger partial charge on any atom is -0.457 e. The highest BCUT2D eigenvalue weighted by Crippen LogP contribution is 2.33. The van der Waals surface area contributed by atoms with E-state index in [-0.39, 0.29) is 11.6 Å². The van der Waals surface area contributed by atoms with Crippen LogP contribution in [-0.2, 0) is 9.53 Å². The third-order valence-electron chi connectivity index (χ3n) is 4.49. The number of nitro groups is 1. The Balaban J connectivity index is 1.55. The molecule has 0 unspecified atom stereocenters. The Morgan fingerprint density at radius 3 is 2.79 bits per heavy atom. The highest BCUT2D eigenvalue weighted by atomic mass is 32.2. The molecule has 0 radical (unpaired) electrons. The second-order valence-corrected chi connectivity index (χ2v) is 7.38. The monoisotopic (exact) mass is 399 g/mol. The molecular weight excluding hydrogens is 382 g/mol. The van der Waals surface area contributed by atoms with Crippen molar-refractivity contribution >= 4 is 34.6 Å². The summed E-state index contributed by atoms with van der Waals surface area (Å²) in [6.07, 6.45) is 1.65. The molecule has 0 bridgehead atoms. The zero-order valence-corrected chi connectivity index (χ0v) is 15.9. The number of hydrogen-bond acceptors (Lipinski definition) is 7. The van der Waals surface area contributed by atoms with Gasteiger partial charge in [-0.25, -0.2) is 0 Å². The van der Waals surface area contributed by atoms with Crippen molar-refractivity contribution in [2.24, 2.45) is 4.99 Å². The van der Waals surface area contributed by atoms with Gasteiger partial charge in [-0.15, -0.1) is 0 Å². The van der Waals surface area contributed by atoms with Crippen LogP contribution >= 0.6 is 11.8 Å². The highest BCUT2D eigenvalue weighted by Gasteiger charge is 2.27. The van der Waals surface area contributed by atoms with Gasteiger partial charge in [-0.2, -0.15) is 4.99 Å². The summed E-state index contributed by atoms with van der Waals surface area (Å²) in [5.74, 6) is 0.712. The van der Waals surface area contributed by atoms with Crippen LogP contribution in [0.2, 0.25) is 0 Å². The number of amidine groups is 1. The molecular formula is C19H17N3O5S. The fourth-order valence-electron chi connectivity index (χ4n) is 2.98. The first-order valence-electron chi connectivity index (χ1n) is 8.72. The Labute approximate surface area is 165 Å². The van der Waals surface area contributed by atoms with E-state index in [1.165, 1.54) is 23.9 Å². The predicted octanol–water partition coefficient (Wildman–Crippen LogP) is 3.47. The molecule has 2 aliphatic rings. The number of nitro benzene ring substituents is 1. The van der Waals surface area contributed by atoms with Gasteiger partial charge in [-0.3, -0.25) is 14.9 Å². The van der Waals surface area contributed by atoms with E-state index in [2.05, 4.69) is 4.99 Å². The van der Waals surface area contributed by atoms with Gasteiger partial charge in [-0.05, 0) is 36.4 Å². The highest BCUT2D eigenvalue weighted by molar-refractivity contribution is 8.18. The van der Waals surface area contributed by atoms with E-state index in [1.54, 1.807) is 24.3 Å². The van der Waals surface area contributed by atoms with Gasteiger partial charge in [0.1, 0.15) is 11.5 Å². The van der Waals surface area contributed by atoms with E-state index in [1.807, 2.05) is 11.8 Å². The van der Waals surface area contributed by atoms with Crippen molar-refractivity contribution < 1.29 is 18.9 Å². The fourth-order valence-corrected chi connectivity index (χ4v) is 3.93. The predicted molar refractivity (Wildman–Crippen MR) is 106 cm³/mol. The zero-order chi connectivity index (χ0) is 19.7. The van der Waals surface area contributed by atoms with Crippen LogP contribution in [0.5, 0.6) is 0 Å². The fraction of sp³-hybridized carbons (Fsp3) is 0.263. The molecule has 2 aromatic rings. The molecule has 9 heteroatoms. The molecule has 1 aromatic heterocycles. The molecule has 1 saturated heterocycles. The van der Waals surface area contributed by atoms with Crippen LogP contribution in [0.4, 0.5) is 5.69 Å². The quantitative estimate of drug-likeness (QED) is 0.443.